The van der Waals surface area contributed by atoms with Gasteiger partial charge in [-0.2, -0.15) is 0 Å². The fraction of sp³-hybridized carbons (Fsp3) is 0.467. The Hall–Kier alpha value is -1.86. The van der Waals surface area contributed by atoms with Gasteiger partial charge in [-0.15, -0.1) is 11.8 Å². The zero-order valence-electron chi connectivity index (χ0n) is 12.2. The topological polar surface area (TPSA) is 39.7 Å². The van der Waals surface area contributed by atoms with Crippen molar-refractivity contribution in [3.63, 3.8) is 0 Å². The molecule has 0 spiro atoms. The molecule has 104 valence electrons. The molecular weight excluding hydrogens is 242 g/mol. The molecule has 1 aromatic carbocycles. The van der Waals surface area contributed by atoms with Gasteiger partial charge in [0, 0.05) is 24.1 Å². The number of ether oxygens (including phenoxy) is 3. The van der Waals surface area contributed by atoms with Crippen molar-refractivity contribution in [1.29, 1.82) is 0 Å². The quantitative estimate of drug-likeness (QED) is 0.800. The van der Waals surface area contributed by atoms with Crippen LogP contribution >= 0.6 is 0 Å². The summed E-state index contributed by atoms with van der Waals surface area (Å²) >= 11 is 0. The summed E-state index contributed by atoms with van der Waals surface area (Å²) in [6, 6.07) is 3.84. The van der Waals surface area contributed by atoms with Gasteiger partial charge in [0.15, 0.2) is 11.5 Å². The molecule has 0 amide bonds. The van der Waals surface area contributed by atoms with Crippen LogP contribution in [-0.2, 0) is 0 Å². The highest BCUT2D eigenvalue weighted by Gasteiger charge is 2.18. The molecule has 0 aliphatic rings. The minimum Gasteiger partial charge on any atom is -0.496 e. The average molecular weight is 263 g/mol. The summed E-state index contributed by atoms with van der Waals surface area (Å²) in [4.78, 5) is 0. The number of benzene rings is 1. The van der Waals surface area contributed by atoms with Gasteiger partial charge in [-0.25, -0.2) is 0 Å². The van der Waals surface area contributed by atoms with Crippen LogP contribution in [-0.4, -0.2) is 28.4 Å². The van der Waals surface area contributed by atoms with E-state index in [9.17, 15) is 0 Å². The van der Waals surface area contributed by atoms with E-state index in [1.165, 1.54) is 0 Å². The predicted octanol–water partition coefficient (Wildman–Crippen LogP) is 2.39. The van der Waals surface area contributed by atoms with Gasteiger partial charge in [-0.1, -0.05) is 0 Å². The van der Waals surface area contributed by atoms with E-state index in [0.29, 0.717) is 17.9 Å². The zero-order chi connectivity index (χ0) is 14.3. The van der Waals surface area contributed by atoms with Gasteiger partial charge in [0.2, 0.25) is 0 Å². The van der Waals surface area contributed by atoms with E-state index >= 15 is 0 Å². The molecule has 0 aromatic heterocycles. The lowest BCUT2D eigenvalue weighted by atomic mass is 10.0. The second-order valence-corrected chi connectivity index (χ2v) is 3.92. The van der Waals surface area contributed by atoms with Crippen molar-refractivity contribution in [3.05, 3.63) is 17.7 Å². The predicted molar refractivity (Wildman–Crippen MR) is 76.0 cm³/mol. The monoisotopic (exact) mass is 263 g/mol. The van der Waals surface area contributed by atoms with Crippen LogP contribution in [0.25, 0.3) is 0 Å². The van der Waals surface area contributed by atoms with Gasteiger partial charge in [-0.3, -0.25) is 0 Å². The molecule has 0 bridgehead atoms. The maximum atomic E-state index is 5.43. The lowest BCUT2D eigenvalue weighted by Crippen LogP contribution is -2.17. The summed E-state index contributed by atoms with van der Waals surface area (Å²) in [6.45, 7) is 1.83. The Morgan fingerprint density at radius 2 is 1.63 bits per heavy atom. The SMILES string of the molecule is CC#CCC(NC)c1cc(OC)c(OC)cc1OC. The first kappa shape index (κ1) is 15.2. The Balaban J connectivity index is 3.25. The van der Waals surface area contributed by atoms with Crippen LogP contribution in [0.3, 0.4) is 0 Å². The molecular formula is C15H21NO3. The third-order valence-corrected chi connectivity index (χ3v) is 2.94. The average Bonchev–Trinajstić information content (AvgIpc) is 2.47. The molecule has 1 N–H and O–H groups in total. The highest BCUT2D eigenvalue weighted by molar-refractivity contribution is 5.52. The van der Waals surface area contributed by atoms with Gasteiger partial charge in [0.05, 0.1) is 21.3 Å². The maximum absolute atomic E-state index is 5.43. The van der Waals surface area contributed by atoms with Crippen LogP contribution in [0.15, 0.2) is 12.1 Å². The molecule has 1 unspecified atom stereocenters. The highest BCUT2D eigenvalue weighted by atomic mass is 16.5. The van der Waals surface area contributed by atoms with Crippen LogP contribution in [0, 0.1) is 11.8 Å². The largest absolute Gasteiger partial charge is 0.496 e. The molecule has 4 nitrogen and oxygen atoms in total. The smallest absolute Gasteiger partial charge is 0.164 e. The van der Waals surface area contributed by atoms with Crippen LogP contribution in [0.1, 0.15) is 24.9 Å². The Morgan fingerprint density at radius 3 is 2.11 bits per heavy atom. The number of hydrogen-bond donors (Lipinski definition) is 1. The molecule has 19 heavy (non-hydrogen) atoms. The van der Waals surface area contributed by atoms with E-state index in [-0.39, 0.29) is 6.04 Å². The molecule has 1 atom stereocenters. The van der Waals surface area contributed by atoms with Crippen molar-refractivity contribution >= 4 is 0 Å². The fourth-order valence-electron chi connectivity index (χ4n) is 1.90. The van der Waals surface area contributed by atoms with E-state index < -0.39 is 0 Å². The number of methoxy groups -OCH3 is 3. The van der Waals surface area contributed by atoms with Crippen LogP contribution in [0.5, 0.6) is 17.2 Å². The third-order valence-electron chi connectivity index (χ3n) is 2.94. The van der Waals surface area contributed by atoms with Crippen molar-refractivity contribution in [2.24, 2.45) is 0 Å². The number of rotatable bonds is 6. The molecule has 0 radical (unpaired) electrons. The standard InChI is InChI=1S/C15H21NO3/c1-6-7-8-12(16-2)11-9-14(18-4)15(19-5)10-13(11)17-3/h9-10,12,16H,8H2,1-5H3. The van der Waals surface area contributed by atoms with Crippen molar-refractivity contribution in [2.45, 2.75) is 19.4 Å². The third kappa shape index (κ3) is 3.55. The Bertz CT molecular complexity index is 474. The van der Waals surface area contributed by atoms with Gasteiger partial charge in [-0.05, 0) is 20.0 Å². The lowest BCUT2D eigenvalue weighted by molar-refractivity contribution is 0.345. The van der Waals surface area contributed by atoms with Crippen LogP contribution < -0.4 is 19.5 Å². The Morgan fingerprint density at radius 1 is 1.05 bits per heavy atom. The normalized spacial score (nSPS) is 11.2. The van der Waals surface area contributed by atoms with Gasteiger partial charge < -0.3 is 19.5 Å². The summed E-state index contributed by atoms with van der Waals surface area (Å²) in [5, 5.41) is 3.24. The Kier molecular flexibility index (Phi) is 6.04. The van der Waals surface area contributed by atoms with Crippen molar-refractivity contribution in [1.82, 2.24) is 5.32 Å². The molecule has 1 rings (SSSR count). The van der Waals surface area contributed by atoms with Crippen molar-refractivity contribution < 1.29 is 14.2 Å². The van der Waals surface area contributed by atoms with E-state index in [1.807, 2.05) is 26.1 Å². The first-order valence-electron chi connectivity index (χ1n) is 6.08. The summed E-state index contributed by atoms with van der Waals surface area (Å²) < 4.78 is 16.0. The van der Waals surface area contributed by atoms with Gasteiger partial charge >= 0.3 is 0 Å². The van der Waals surface area contributed by atoms with Gasteiger partial charge in [0.1, 0.15) is 5.75 Å². The summed E-state index contributed by atoms with van der Waals surface area (Å²) in [7, 11) is 6.77. The summed E-state index contributed by atoms with van der Waals surface area (Å²) in [5.74, 6) is 8.07. The molecule has 0 saturated carbocycles. The molecule has 0 aliphatic heterocycles. The van der Waals surface area contributed by atoms with Crippen molar-refractivity contribution in [3.8, 4) is 29.1 Å². The second-order valence-electron chi connectivity index (χ2n) is 3.92. The highest BCUT2D eigenvalue weighted by Crippen LogP contribution is 2.38. The maximum Gasteiger partial charge on any atom is 0.164 e. The van der Waals surface area contributed by atoms with Crippen molar-refractivity contribution in [2.75, 3.05) is 28.4 Å². The number of hydrogen-bond acceptors (Lipinski definition) is 4. The van der Waals surface area contributed by atoms with Gasteiger partial charge in [0.25, 0.3) is 0 Å². The molecule has 1 aromatic rings. The minimum atomic E-state index is 0.0854. The molecule has 4 heteroatoms. The van der Waals surface area contributed by atoms with E-state index in [1.54, 1.807) is 21.3 Å². The minimum absolute atomic E-state index is 0.0854. The molecule has 0 aliphatic carbocycles. The number of nitrogens with one attached hydrogen (secondary N) is 1. The van der Waals surface area contributed by atoms with E-state index in [2.05, 4.69) is 17.2 Å². The lowest BCUT2D eigenvalue weighted by Gasteiger charge is -2.19. The molecule has 0 saturated heterocycles. The summed E-state index contributed by atoms with van der Waals surface area (Å²) in [6.07, 6.45) is 0.707. The molecule has 0 heterocycles. The second kappa shape index (κ2) is 7.55. The van der Waals surface area contributed by atoms with Crippen LogP contribution in [0.4, 0.5) is 0 Å². The molecule has 0 fully saturated rings. The zero-order valence-corrected chi connectivity index (χ0v) is 12.2. The van der Waals surface area contributed by atoms with E-state index in [4.69, 9.17) is 14.2 Å². The Labute approximate surface area is 115 Å². The first-order chi connectivity index (χ1) is 9.21. The fourth-order valence-corrected chi connectivity index (χ4v) is 1.90. The first-order valence-corrected chi connectivity index (χ1v) is 6.08. The summed E-state index contributed by atoms with van der Waals surface area (Å²) in [5.41, 5.74) is 1.01. The van der Waals surface area contributed by atoms with Crippen LogP contribution in [0.2, 0.25) is 0 Å². The van der Waals surface area contributed by atoms with E-state index in [0.717, 1.165) is 11.3 Å².